The van der Waals surface area contributed by atoms with Gasteiger partial charge < -0.3 is 9.52 Å². The highest BCUT2D eigenvalue weighted by atomic mass is 19.1. The van der Waals surface area contributed by atoms with Crippen LogP contribution >= 0.6 is 0 Å². The first-order valence-corrected chi connectivity index (χ1v) is 6.13. The molecule has 0 saturated heterocycles. The summed E-state index contributed by atoms with van der Waals surface area (Å²) in [4.78, 5) is 23.7. The number of carbonyl (C=O) groups is 1. The summed E-state index contributed by atoms with van der Waals surface area (Å²) in [6.07, 6.45) is 0. The second-order valence-corrected chi connectivity index (χ2v) is 4.45. The second-order valence-electron chi connectivity index (χ2n) is 4.45. The molecule has 1 heterocycles. The van der Waals surface area contributed by atoms with Gasteiger partial charge in [0, 0.05) is 5.56 Å². The number of carboxylic acids is 1. The summed E-state index contributed by atoms with van der Waals surface area (Å²) in [6, 6.07) is 11.6. The SMILES string of the molecule is O=C(O)c1c(-c2cccc(F)c2)oc2ccccc2c1=O. The molecule has 0 fully saturated rings. The van der Waals surface area contributed by atoms with Gasteiger partial charge >= 0.3 is 5.97 Å². The molecule has 0 radical (unpaired) electrons. The Balaban J connectivity index is 2.44. The number of benzene rings is 2. The molecule has 0 aliphatic rings. The van der Waals surface area contributed by atoms with Crippen LogP contribution in [0.15, 0.2) is 57.7 Å². The van der Waals surface area contributed by atoms with Crippen molar-refractivity contribution in [3.8, 4) is 11.3 Å². The summed E-state index contributed by atoms with van der Waals surface area (Å²) >= 11 is 0. The van der Waals surface area contributed by atoms with Gasteiger partial charge in [0.05, 0.1) is 5.39 Å². The van der Waals surface area contributed by atoms with Gasteiger partial charge in [-0.05, 0) is 24.3 Å². The van der Waals surface area contributed by atoms with Crippen LogP contribution < -0.4 is 5.43 Å². The molecule has 104 valence electrons. The fourth-order valence-corrected chi connectivity index (χ4v) is 2.17. The van der Waals surface area contributed by atoms with Gasteiger partial charge in [-0.1, -0.05) is 24.3 Å². The van der Waals surface area contributed by atoms with E-state index in [0.717, 1.165) is 6.07 Å². The molecule has 5 heteroatoms. The number of hydrogen-bond acceptors (Lipinski definition) is 3. The Hall–Kier alpha value is -2.95. The normalized spacial score (nSPS) is 10.7. The molecule has 21 heavy (non-hydrogen) atoms. The Morgan fingerprint density at radius 2 is 1.86 bits per heavy atom. The summed E-state index contributed by atoms with van der Waals surface area (Å²) in [5.41, 5.74) is -0.690. The van der Waals surface area contributed by atoms with Crippen LogP contribution in [-0.4, -0.2) is 11.1 Å². The van der Waals surface area contributed by atoms with E-state index in [1.54, 1.807) is 18.2 Å². The van der Waals surface area contributed by atoms with Crippen molar-refractivity contribution in [3.05, 3.63) is 70.1 Å². The minimum atomic E-state index is -1.41. The monoisotopic (exact) mass is 284 g/mol. The van der Waals surface area contributed by atoms with E-state index in [4.69, 9.17) is 4.42 Å². The van der Waals surface area contributed by atoms with Crippen molar-refractivity contribution in [2.45, 2.75) is 0 Å². The molecule has 0 aliphatic carbocycles. The van der Waals surface area contributed by atoms with Crippen molar-refractivity contribution in [2.24, 2.45) is 0 Å². The lowest BCUT2D eigenvalue weighted by Crippen LogP contribution is -2.16. The quantitative estimate of drug-likeness (QED) is 0.784. The van der Waals surface area contributed by atoms with E-state index in [1.165, 1.54) is 24.3 Å². The first kappa shape index (κ1) is 13.1. The molecule has 1 N–H and O–H groups in total. The lowest BCUT2D eigenvalue weighted by atomic mass is 10.0. The van der Waals surface area contributed by atoms with Crippen molar-refractivity contribution in [2.75, 3.05) is 0 Å². The third kappa shape index (κ3) is 2.18. The molecule has 0 bridgehead atoms. The smallest absolute Gasteiger partial charge is 0.343 e. The maximum Gasteiger partial charge on any atom is 0.343 e. The van der Waals surface area contributed by atoms with Crippen molar-refractivity contribution in [1.29, 1.82) is 0 Å². The highest BCUT2D eigenvalue weighted by Gasteiger charge is 2.21. The van der Waals surface area contributed by atoms with E-state index in [0.29, 0.717) is 0 Å². The summed E-state index contributed by atoms with van der Waals surface area (Å²) < 4.78 is 18.9. The van der Waals surface area contributed by atoms with Crippen molar-refractivity contribution in [1.82, 2.24) is 0 Å². The molecule has 0 saturated carbocycles. The fraction of sp³-hybridized carbons (Fsp3) is 0. The van der Waals surface area contributed by atoms with E-state index in [1.807, 2.05) is 0 Å². The summed E-state index contributed by atoms with van der Waals surface area (Å²) in [5, 5.41) is 9.46. The number of hydrogen-bond donors (Lipinski definition) is 1. The van der Waals surface area contributed by atoms with E-state index >= 15 is 0 Å². The van der Waals surface area contributed by atoms with E-state index < -0.39 is 22.8 Å². The molecule has 2 aromatic carbocycles. The fourth-order valence-electron chi connectivity index (χ4n) is 2.17. The number of fused-ring (bicyclic) bond motifs is 1. The Morgan fingerprint density at radius 3 is 2.57 bits per heavy atom. The lowest BCUT2D eigenvalue weighted by molar-refractivity contribution is 0.0694. The van der Waals surface area contributed by atoms with Gasteiger partial charge in [0.25, 0.3) is 0 Å². The molecule has 0 spiro atoms. The van der Waals surface area contributed by atoms with Crippen LogP contribution in [0.1, 0.15) is 10.4 Å². The standard InChI is InChI=1S/C16H9FO4/c17-10-5-3-4-9(8-10)15-13(16(19)20)14(18)11-6-1-2-7-12(11)21-15/h1-8H,(H,19,20). The predicted molar refractivity (Wildman–Crippen MR) is 74.8 cm³/mol. The minimum absolute atomic E-state index is 0.147. The van der Waals surface area contributed by atoms with Crippen LogP contribution in [0.25, 0.3) is 22.3 Å². The van der Waals surface area contributed by atoms with Gasteiger partial charge in [-0.3, -0.25) is 4.79 Å². The molecule has 0 atom stereocenters. The lowest BCUT2D eigenvalue weighted by Gasteiger charge is -2.07. The maximum absolute atomic E-state index is 13.3. The van der Waals surface area contributed by atoms with Crippen molar-refractivity contribution in [3.63, 3.8) is 0 Å². The zero-order chi connectivity index (χ0) is 15.0. The Kier molecular flexibility index (Phi) is 3.02. The minimum Gasteiger partial charge on any atom is -0.477 e. The Bertz CT molecular complexity index is 912. The Morgan fingerprint density at radius 1 is 1.10 bits per heavy atom. The van der Waals surface area contributed by atoms with Gasteiger partial charge in [0.15, 0.2) is 11.3 Å². The topological polar surface area (TPSA) is 67.5 Å². The van der Waals surface area contributed by atoms with Gasteiger partial charge in [-0.25, -0.2) is 9.18 Å². The van der Waals surface area contributed by atoms with Gasteiger partial charge in [-0.15, -0.1) is 0 Å². The summed E-state index contributed by atoms with van der Waals surface area (Å²) in [6.45, 7) is 0. The van der Waals surface area contributed by atoms with Gasteiger partial charge in [-0.2, -0.15) is 0 Å². The second kappa shape index (κ2) is 4.86. The third-order valence-electron chi connectivity index (χ3n) is 3.10. The number of halogens is 1. The maximum atomic E-state index is 13.3. The van der Waals surface area contributed by atoms with Crippen LogP contribution in [0.4, 0.5) is 4.39 Å². The van der Waals surface area contributed by atoms with Crippen LogP contribution in [0.2, 0.25) is 0 Å². The highest BCUT2D eigenvalue weighted by molar-refractivity contribution is 5.97. The zero-order valence-electron chi connectivity index (χ0n) is 10.7. The molecule has 0 aliphatic heterocycles. The first-order valence-electron chi connectivity index (χ1n) is 6.13. The predicted octanol–water partition coefficient (Wildman–Crippen LogP) is 3.30. The van der Waals surface area contributed by atoms with E-state index in [2.05, 4.69) is 0 Å². The summed E-state index contributed by atoms with van der Waals surface area (Å²) in [5.74, 6) is -2.10. The molecule has 4 nitrogen and oxygen atoms in total. The molecule has 0 unspecified atom stereocenters. The number of aromatic carboxylic acids is 1. The molecule has 0 amide bonds. The van der Waals surface area contributed by atoms with E-state index in [-0.39, 0.29) is 22.3 Å². The molecule has 3 aromatic rings. The average Bonchev–Trinajstić information content (AvgIpc) is 2.46. The largest absolute Gasteiger partial charge is 0.477 e. The third-order valence-corrected chi connectivity index (χ3v) is 3.10. The summed E-state index contributed by atoms with van der Waals surface area (Å²) in [7, 11) is 0. The van der Waals surface area contributed by atoms with Crippen LogP contribution in [0, 0.1) is 5.82 Å². The van der Waals surface area contributed by atoms with E-state index in [9.17, 15) is 19.1 Å². The molecular formula is C16H9FO4. The van der Waals surface area contributed by atoms with Gasteiger partial charge in [0.1, 0.15) is 11.4 Å². The Labute approximate surface area is 118 Å². The highest BCUT2D eigenvalue weighted by Crippen LogP contribution is 2.26. The molecular weight excluding hydrogens is 275 g/mol. The van der Waals surface area contributed by atoms with Crippen molar-refractivity contribution < 1.29 is 18.7 Å². The number of carboxylic acid groups (broad SMARTS) is 1. The first-order chi connectivity index (χ1) is 10.1. The molecule has 3 rings (SSSR count). The molecule has 1 aromatic heterocycles. The zero-order valence-corrected chi connectivity index (χ0v) is 10.7. The number of para-hydroxylation sites is 1. The van der Waals surface area contributed by atoms with Crippen LogP contribution in [0.5, 0.6) is 0 Å². The van der Waals surface area contributed by atoms with Crippen LogP contribution in [-0.2, 0) is 0 Å². The van der Waals surface area contributed by atoms with Gasteiger partial charge in [0.2, 0.25) is 5.43 Å². The number of rotatable bonds is 2. The van der Waals surface area contributed by atoms with Crippen LogP contribution in [0.3, 0.4) is 0 Å². The van der Waals surface area contributed by atoms with Crippen molar-refractivity contribution >= 4 is 16.9 Å². The average molecular weight is 284 g/mol.